The van der Waals surface area contributed by atoms with Crippen molar-refractivity contribution in [2.45, 2.75) is 52.0 Å². The zero-order valence-corrected chi connectivity index (χ0v) is 21.8. The molecule has 1 fully saturated rings. The molecule has 6 heteroatoms. The summed E-state index contributed by atoms with van der Waals surface area (Å²) in [4.78, 5) is 15.3. The zero-order chi connectivity index (χ0) is 25.9. The van der Waals surface area contributed by atoms with E-state index in [1.807, 2.05) is 37.6 Å². The second-order valence-electron chi connectivity index (χ2n) is 10.4. The zero-order valence-electron chi connectivity index (χ0n) is 21.8. The third-order valence-electron chi connectivity index (χ3n) is 7.25. The summed E-state index contributed by atoms with van der Waals surface area (Å²) in [6, 6.07) is 19.3. The molecule has 3 aromatic rings. The van der Waals surface area contributed by atoms with Crippen molar-refractivity contribution in [3.8, 4) is 17.3 Å². The highest BCUT2D eigenvalue weighted by Gasteiger charge is 2.24. The molecule has 0 saturated carbocycles. The van der Waals surface area contributed by atoms with Crippen molar-refractivity contribution in [2.24, 2.45) is 7.05 Å². The summed E-state index contributed by atoms with van der Waals surface area (Å²) in [5, 5.41) is 24.3. The van der Waals surface area contributed by atoms with Crippen LogP contribution in [0.3, 0.4) is 0 Å². The Hall–Kier alpha value is -3.56. The van der Waals surface area contributed by atoms with Gasteiger partial charge < -0.3 is 19.9 Å². The van der Waals surface area contributed by atoms with E-state index >= 15 is 0 Å². The number of allylic oxidation sites excluding steroid dienone is 1. The number of hydrogen-bond acceptors (Lipinski definition) is 4. The molecule has 0 aliphatic carbocycles. The van der Waals surface area contributed by atoms with Crippen LogP contribution in [0, 0.1) is 11.3 Å². The van der Waals surface area contributed by atoms with Crippen LogP contribution >= 0.6 is 0 Å². The highest BCUT2D eigenvalue weighted by atomic mass is 16.3. The van der Waals surface area contributed by atoms with Crippen LogP contribution in [0.2, 0.25) is 0 Å². The number of nitriles is 1. The molecule has 2 heterocycles. The topological polar surface area (TPSA) is 81.3 Å². The van der Waals surface area contributed by atoms with Gasteiger partial charge >= 0.3 is 0 Å². The van der Waals surface area contributed by atoms with E-state index in [1.54, 1.807) is 6.92 Å². The number of amides is 1. The van der Waals surface area contributed by atoms with Gasteiger partial charge in [0.15, 0.2) is 0 Å². The fourth-order valence-corrected chi connectivity index (χ4v) is 5.06. The summed E-state index contributed by atoms with van der Waals surface area (Å²) in [5.74, 6) is -0.425. The SMILES string of the molecule is CC(=C(C#N)C(=O)NC(C)(C)CCO)c1ccc(-c2ccc3cc(N4CCCCC4)ccc3c2)n1C. The van der Waals surface area contributed by atoms with Crippen molar-refractivity contribution < 1.29 is 9.90 Å². The summed E-state index contributed by atoms with van der Waals surface area (Å²) in [6.45, 7) is 7.69. The lowest BCUT2D eigenvalue weighted by Crippen LogP contribution is -2.44. The first-order chi connectivity index (χ1) is 17.2. The van der Waals surface area contributed by atoms with Gasteiger partial charge in [-0.1, -0.05) is 18.2 Å². The molecule has 1 saturated heterocycles. The minimum absolute atomic E-state index is 0.0373. The van der Waals surface area contributed by atoms with E-state index in [9.17, 15) is 15.2 Å². The van der Waals surface area contributed by atoms with Crippen LogP contribution in [0.5, 0.6) is 0 Å². The predicted molar refractivity (Wildman–Crippen MR) is 147 cm³/mol. The average molecular weight is 485 g/mol. The Bertz CT molecular complexity index is 1340. The third-order valence-corrected chi connectivity index (χ3v) is 7.25. The Morgan fingerprint density at radius 3 is 2.44 bits per heavy atom. The number of carbonyl (C=O) groups is 1. The van der Waals surface area contributed by atoms with Gasteiger partial charge in [0.2, 0.25) is 0 Å². The Morgan fingerprint density at radius 2 is 1.75 bits per heavy atom. The van der Waals surface area contributed by atoms with Crippen molar-refractivity contribution in [2.75, 3.05) is 24.6 Å². The van der Waals surface area contributed by atoms with E-state index in [4.69, 9.17) is 0 Å². The molecule has 1 amide bonds. The summed E-state index contributed by atoms with van der Waals surface area (Å²) in [7, 11) is 1.96. The molecule has 36 heavy (non-hydrogen) atoms. The highest BCUT2D eigenvalue weighted by molar-refractivity contribution is 6.04. The van der Waals surface area contributed by atoms with Gasteiger partial charge in [0, 0.05) is 49.4 Å². The van der Waals surface area contributed by atoms with E-state index in [2.05, 4.69) is 52.7 Å². The van der Waals surface area contributed by atoms with Gasteiger partial charge in [-0.2, -0.15) is 5.26 Å². The van der Waals surface area contributed by atoms with Crippen molar-refractivity contribution in [3.63, 3.8) is 0 Å². The number of anilines is 1. The lowest BCUT2D eigenvalue weighted by atomic mass is 9.99. The van der Waals surface area contributed by atoms with E-state index in [0.717, 1.165) is 30.0 Å². The van der Waals surface area contributed by atoms with Crippen LogP contribution in [0.15, 0.2) is 54.1 Å². The van der Waals surface area contributed by atoms with Gasteiger partial charge in [-0.25, -0.2) is 0 Å². The number of nitrogens with one attached hydrogen (secondary N) is 1. The molecule has 1 aliphatic rings. The molecule has 2 aromatic carbocycles. The number of piperidine rings is 1. The Balaban J connectivity index is 1.62. The molecule has 0 atom stereocenters. The van der Waals surface area contributed by atoms with Crippen molar-refractivity contribution in [1.29, 1.82) is 5.26 Å². The molecular formula is C30H36N4O2. The van der Waals surface area contributed by atoms with Crippen LogP contribution in [0.1, 0.15) is 52.1 Å². The maximum atomic E-state index is 12.9. The number of aliphatic hydroxyl groups excluding tert-OH is 1. The van der Waals surface area contributed by atoms with Crippen LogP contribution < -0.4 is 10.2 Å². The molecule has 0 bridgehead atoms. The largest absolute Gasteiger partial charge is 0.396 e. The monoisotopic (exact) mass is 484 g/mol. The van der Waals surface area contributed by atoms with Crippen LogP contribution in [0.25, 0.3) is 27.6 Å². The number of hydrogen-bond donors (Lipinski definition) is 2. The van der Waals surface area contributed by atoms with Gasteiger partial charge in [-0.3, -0.25) is 4.79 Å². The van der Waals surface area contributed by atoms with Crippen LogP contribution in [-0.2, 0) is 11.8 Å². The number of aromatic nitrogens is 1. The summed E-state index contributed by atoms with van der Waals surface area (Å²) in [6.07, 6.45) is 4.25. The van der Waals surface area contributed by atoms with Crippen LogP contribution in [0.4, 0.5) is 5.69 Å². The normalized spacial score (nSPS) is 14.9. The summed E-state index contributed by atoms with van der Waals surface area (Å²) >= 11 is 0. The maximum Gasteiger partial charge on any atom is 0.262 e. The number of carbonyl (C=O) groups excluding carboxylic acids is 1. The maximum absolute atomic E-state index is 12.9. The van der Waals surface area contributed by atoms with Crippen molar-refractivity contribution in [3.05, 3.63) is 59.8 Å². The predicted octanol–water partition coefficient (Wildman–Crippen LogP) is 5.41. The first-order valence-electron chi connectivity index (χ1n) is 12.7. The third kappa shape index (κ3) is 5.32. The number of aliphatic hydroxyl groups is 1. The number of fused-ring (bicyclic) bond motifs is 1. The van der Waals surface area contributed by atoms with Crippen molar-refractivity contribution in [1.82, 2.24) is 9.88 Å². The fraction of sp³-hybridized carbons (Fsp3) is 0.400. The smallest absolute Gasteiger partial charge is 0.262 e. The first kappa shape index (κ1) is 25.5. The summed E-state index contributed by atoms with van der Waals surface area (Å²) in [5.41, 5.74) is 4.31. The van der Waals surface area contributed by atoms with E-state index in [0.29, 0.717) is 12.0 Å². The van der Waals surface area contributed by atoms with E-state index in [-0.39, 0.29) is 12.2 Å². The molecule has 6 nitrogen and oxygen atoms in total. The molecule has 0 spiro atoms. The molecule has 0 unspecified atom stereocenters. The minimum Gasteiger partial charge on any atom is -0.396 e. The van der Waals surface area contributed by atoms with E-state index < -0.39 is 11.4 Å². The number of benzene rings is 2. The number of nitrogens with zero attached hydrogens (tertiary/aromatic N) is 3. The average Bonchev–Trinajstić information content (AvgIpc) is 3.25. The lowest BCUT2D eigenvalue weighted by molar-refractivity contribution is -0.118. The number of rotatable bonds is 7. The molecule has 4 rings (SSSR count). The second kappa shape index (κ2) is 10.6. The highest BCUT2D eigenvalue weighted by Crippen LogP contribution is 2.31. The standard InChI is InChI=1S/C30H36N4O2/c1-21(26(20-31)29(36)32-30(2,3)14-17-35)27-12-13-28(33(27)4)24-9-8-23-19-25(11-10-22(23)18-24)34-15-6-5-7-16-34/h8-13,18-19,35H,5-7,14-17H2,1-4H3,(H,32,36). The van der Waals surface area contributed by atoms with Gasteiger partial charge in [0.1, 0.15) is 11.6 Å². The Kier molecular flexibility index (Phi) is 7.51. The van der Waals surface area contributed by atoms with Crippen molar-refractivity contribution >= 4 is 27.9 Å². The van der Waals surface area contributed by atoms with Gasteiger partial charge in [0.25, 0.3) is 5.91 Å². The summed E-state index contributed by atoms with van der Waals surface area (Å²) < 4.78 is 2.03. The quantitative estimate of drug-likeness (QED) is 0.347. The molecular weight excluding hydrogens is 448 g/mol. The minimum atomic E-state index is -0.605. The first-order valence-corrected chi connectivity index (χ1v) is 12.7. The van der Waals surface area contributed by atoms with E-state index in [1.165, 1.54) is 35.7 Å². The van der Waals surface area contributed by atoms with Gasteiger partial charge in [0.05, 0.1) is 0 Å². The Labute approximate surface area is 213 Å². The second-order valence-corrected chi connectivity index (χ2v) is 10.4. The molecule has 1 aliphatic heterocycles. The lowest BCUT2D eigenvalue weighted by Gasteiger charge is -2.29. The fourth-order valence-electron chi connectivity index (χ4n) is 5.06. The van der Waals surface area contributed by atoms with Gasteiger partial charge in [-0.15, -0.1) is 0 Å². The Morgan fingerprint density at radius 1 is 1.06 bits per heavy atom. The van der Waals surface area contributed by atoms with Gasteiger partial charge in [-0.05, 0) is 98.7 Å². The molecule has 188 valence electrons. The van der Waals surface area contributed by atoms with Crippen LogP contribution in [-0.4, -0.2) is 40.8 Å². The molecule has 2 N–H and O–H groups in total. The molecule has 1 aromatic heterocycles. The molecule has 0 radical (unpaired) electrons.